The van der Waals surface area contributed by atoms with E-state index in [2.05, 4.69) is 0 Å². The summed E-state index contributed by atoms with van der Waals surface area (Å²) in [5.41, 5.74) is 1.36. The van der Waals surface area contributed by atoms with Crippen LogP contribution in [0.3, 0.4) is 0 Å². The maximum atomic E-state index is 11.6. The van der Waals surface area contributed by atoms with Crippen LogP contribution >= 0.6 is 0 Å². The van der Waals surface area contributed by atoms with Crippen molar-refractivity contribution in [3.8, 4) is 5.75 Å². The van der Waals surface area contributed by atoms with Crippen molar-refractivity contribution < 1.29 is 38.1 Å². The van der Waals surface area contributed by atoms with Gasteiger partial charge in [0.15, 0.2) is 12.2 Å². The molecule has 0 N–H and O–H groups in total. The minimum absolute atomic E-state index is 0.0212. The summed E-state index contributed by atoms with van der Waals surface area (Å²) >= 11 is 0. The highest BCUT2D eigenvalue weighted by Crippen LogP contribution is 2.31. The highest BCUT2D eigenvalue weighted by molar-refractivity contribution is 5.68. The number of epoxide rings is 1. The van der Waals surface area contributed by atoms with Gasteiger partial charge in [-0.2, -0.15) is 0 Å². The molecule has 0 bridgehead atoms. The zero-order chi connectivity index (χ0) is 21.6. The van der Waals surface area contributed by atoms with Crippen molar-refractivity contribution in [3.05, 3.63) is 35.4 Å². The standard InChI is InChI=1S/C21H26O8/c1-12-20(27-12)21(29-15(4)24)19(28-14(3)23)10-9-16-7-6-8-18(25-5)17(16)11-26-13(2)22/h6-10,12,19-21H,11H2,1-5H3/b10-9+/t12-,19-,20+,21-/m1/s1. The van der Waals surface area contributed by atoms with Gasteiger partial charge in [-0.1, -0.05) is 18.2 Å². The van der Waals surface area contributed by atoms with Gasteiger partial charge in [-0.25, -0.2) is 0 Å². The average Bonchev–Trinajstić information content (AvgIpc) is 3.37. The Kier molecular flexibility index (Phi) is 7.78. The maximum absolute atomic E-state index is 11.6. The van der Waals surface area contributed by atoms with Gasteiger partial charge in [0.1, 0.15) is 18.5 Å². The van der Waals surface area contributed by atoms with Gasteiger partial charge in [0.05, 0.1) is 13.2 Å². The highest BCUT2D eigenvalue weighted by Gasteiger charge is 2.47. The molecule has 1 fully saturated rings. The highest BCUT2D eigenvalue weighted by atomic mass is 16.6. The first-order valence-corrected chi connectivity index (χ1v) is 9.20. The molecule has 1 aliphatic rings. The van der Waals surface area contributed by atoms with Crippen molar-refractivity contribution in [3.63, 3.8) is 0 Å². The van der Waals surface area contributed by atoms with E-state index < -0.39 is 30.1 Å². The van der Waals surface area contributed by atoms with E-state index in [1.807, 2.05) is 6.92 Å². The number of rotatable bonds is 9. The number of hydrogen-bond acceptors (Lipinski definition) is 8. The van der Waals surface area contributed by atoms with E-state index in [0.717, 1.165) is 0 Å². The lowest BCUT2D eigenvalue weighted by atomic mass is 10.0. The van der Waals surface area contributed by atoms with E-state index in [1.54, 1.807) is 30.4 Å². The van der Waals surface area contributed by atoms with E-state index in [4.69, 9.17) is 23.7 Å². The molecule has 0 aliphatic carbocycles. The molecule has 8 nitrogen and oxygen atoms in total. The molecule has 1 heterocycles. The smallest absolute Gasteiger partial charge is 0.303 e. The van der Waals surface area contributed by atoms with Gasteiger partial charge in [-0.3, -0.25) is 14.4 Å². The van der Waals surface area contributed by atoms with E-state index in [1.165, 1.54) is 27.9 Å². The van der Waals surface area contributed by atoms with Gasteiger partial charge in [0.2, 0.25) is 0 Å². The molecule has 29 heavy (non-hydrogen) atoms. The summed E-state index contributed by atoms with van der Waals surface area (Å²) in [6, 6.07) is 5.34. The van der Waals surface area contributed by atoms with Gasteiger partial charge in [0, 0.05) is 26.3 Å². The van der Waals surface area contributed by atoms with Crippen LogP contribution in [0.4, 0.5) is 0 Å². The molecule has 158 valence electrons. The number of methoxy groups -OCH3 is 1. The molecular formula is C21H26O8. The molecular weight excluding hydrogens is 380 g/mol. The molecule has 2 rings (SSSR count). The van der Waals surface area contributed by atoms with Crippen molar-refractivity contribution in [2.24, 2.45) is 0 Å². The van der Waals surface area contributed by atoms with Crippen molar-refractivity contribution >= 4 is 24.0 Å². The zero-order valence-electron chi connectivity index (χ0n) is 17.2. The van der Waals surface area contributed by atoms with E-state index >= 15 is 0 Å². The number of benzene rings is 1. The van der Waals surface area contributed by atoms with Crippen molar-refractivity contribution in [2.75, 3.05) is 7.11 Å². The lowest BCUT2D eigenvalue weighted by Gasteiger charge is -2.23. The zero-order valence-corrected chi connectivity index (χ0v) is 17.2. The predicted molar refractivity (Wildman–Crippen MR) is 103 cm³/mol. The summed E-state index contributed by atoms with van der Waals surface area (Å²) in [6.45, 7) is 5.75. The molecule has 4 atom stereocenters. The fourth-order valence-corrected chi connectivity index (χ4v) is 2.92. The van der Waals surface area contributed by atoms with E-state index in [0.29, 0.717) is 16.9 Å². The molecule has 1 aliphatic heterocycles. The Morgan fingerprint density at radius 2 is 1.76 bits per heavy atom. The van der Waals surface area contributed by atoms with E-state index in [9.17, 15) is 14.4 Å². The van der Waals surface area contributed by atoms with Crippen molar-refractivity contribution in [2.45, 2.75) is 58.7 Å². The minimum Gasteiger partial charge on any atom is -0.496 e. The summed E-state index contributed by atoms with van der Waals surface area (Å²) < 4.78 is 26.7. The molecule has 0 radical (unpaired) electrons. The topological polar surface area (TPSA) is 101 Å². The molecule has 0 amide bonds. The van der Waals surface area contributed by atoms with Crippen LogP contribution in [0.2, 0.25) is 0 Å². The molecule has 8 heteroatoms. The molecule has 0 unspecified atom stereocenters. The Hall–Kier alpha value is -2.87. The molecule has 1 saturated heterocycles. The second kappa shape index (κ2) is 10.1. The number of carbonyl (C=O) groups is 3. The van der Waals surface area contributed by atoms with Gasteiger partial charge in [-0.15, -0.1) is 0 Å². The third-order valence-corrected chi connectivity index (χ3v) is 4.28. The van der Waals surface area contributed by atoms with Crippen LogP contribution in [-0.4, -0.2) is 49.4 Å². The summed E-state index contributed by atoms with van der Waals surface area (Å²) in [5, 5.41) is 0. The summed E-state index contributed by atoms with van der Waals surface area (Å²) in [5.74, 6) is -0.886. The van der Waals surface area contributed by atoms with Crippen LogP contribution < -0.4 is 4.74 Å². The van der Waals surface area contributed by atoms with Gasteiger partial charge in [-0.05, 0) is 24.6 Å². The third-order valence-electron chi connectivity index (χ3n) is 4.28. The lowest BCUT2D eigenvalue weighted by molar-refractivity contribution is -0.163. The van der Waals surface area contributed by atoms with Crippen LogP contribution in [0.1, 0.15) is 38.8 Å². The minimum atomic E-state index is -0.848. The Labute approximate surface area is 169 Å². The Morgan fingerprint density at radius 3 is 2.28 bits per heavy atom. The fraction of sp³-hybridized carbons (Fsp3) is 0.476. The first kappa shape index (κ1) is 22.4. The molecule has 0 aromatic heterocycles. The largest absolute Gasteiger partial charge is 0.496 e. The molecule has 0 spiro atoms. The van der Waals surface area contributed by atoms with Crippen LogP contribution in [0.25, 0.3) is 6.08 Å². The lowest BCUT2D eigenvalue weighted by Crippen LogP contribution is -2.38. The number of ether oxygens (including phenoxy) is 5. The summed E-state index contributed by atoms with van der Waals surface area (Å²) in [7, 11) is 1.52. The van der Waals surface area contributed by atoms with Gasteiger partial charge >= 0.3 is 17.9 Å². The van der Waals surface area contributed by atoms with Crippen molar-refractivity contribution in [1.82, 2.24) is 0 Å². The number of esters is 3. The first-order valence-electron chi connectivity index (χ1n) is 9.20. The van der Waals surface area contributed by atoms with Crippen LogP contribution in [0.15, 0.2) is 24.3 Å². The first-order chi connectivity index (χ1) is 13.7. The van der Waals surface area contributed by atoms with Gasteiger partial charge in [0.25, 0.3) is 0 Å². The average molecular weight is 406 g/mol. The predicted octanol–water partition coefficient (Wildman–Crippen LogP) is 2.42. The SMILES string of the molecule is COc1cccc(/C=C/[C@@H](OC(C)=O)[C@@H](OC(C)=O)[C@H]2O[C@@H]2C)c1COC(C)=O. The number of hydrogen-bond donors (Lipinski definition) is 0. The van der Waals surface area contributed by atoms with Crippen LogP contribution in [0.5, 0.6) is 5.75 Å². The monoisotopic (exact) mass is 406 g/mol. The molecule has 0 saturated carbocycles. The molecule has 1 aromatic rings. The number of carbonyl (C=O) groups excluding carboxylic acids is 3. The van der Waals surface area contributed by atoms with E-state index in [-0.39, 0.29) is 18.8 Å². The van der Waals surface area contributed by atoms with Crippen molar-refractivity contribution in [1.29, 1.82) is 0 Å². The second-order valence-corrected chi connectivity index (χ2v) is 6.62. The maximum Gasteiger partial charge on any atom is 0.303 e. The Bertz CT molecular complexity index is 785. The summed E-state index contributed by atoms with van der Waals surface area (Å²) in [6.07, 6.45) is 1.23. The van der Waals surface area contributed by atoms with Crippen LogP contribution in [-0.2, 0) is 39.9 Å². The summed E-state index contributed by atoms with van der Waals surface area (Å²) in [4.78, 5) is 34.4. The fourth-order valence-electron chi connectivity index (χ4n) is 2.92. The second-order valence-electron chi connectivity index (χ2n) is 6.62. The molecule has 1 aromatic carbocycles. The Morgan fingerprint density at radius 1 is 1.10 bits per heavy atom. The van der Waals surface area contributed by atoms with Crippen LogP contribution in [0, 0.1) is 0 Å². The third kappa shape index (κ3) is 6.60. The normalized spacial score (nSPS) is 19.9. The quantitative estimate of drug-likeness (QED) is 0.350. The van der Waals surface area contributed by atoms with Gasteiger partial charge < -0.3 is 23.7 Å². The Balaban J connectivity index is 2.33.